The topological polar surface area (TPSA) is 102 Å². The molecule has 8 heteroatoms. The van der Waals surface area contributed by atoms with Gasteiger partial charge in [-0.3, -0.25) is 4.79 Å². The van der Waals surface area contributed by atoms with E-state index in [1.807, 2.05) is 12.1 Å². The predicted molar refractivity (Wildman–Crippen MR) is 107 cm³/mol. The van der Waals surface area contributed by atoms with Crippen molar-refractivity contribution in [3.63, 3.8) is 0 Å². The van der Waals surface area contributed by atoms with Gasteiger partial charge < -0.3 is 10.1 Å². The third kappa shape index (κ3) is 5.64. The van der Waals surface area contributed by atoms with Crippen LogP contribution in [-0.4, -0.2) is 33.9 Å². The average Bonchev–Trinajstić information content (AvgIpc) is 2.72. The fraction of sp³-hybridized carbons (Fsp3) is 0.300. The van der Waals surface area contributed by atoms with Crippen LogP contribution in [0.2, 0.25) is 0 Å². The molecule has 0 bridgehead atoms. The van der Waals surface area contributed by atoms with Gasteiger partial charge in [0.15, 0.2) is 6.61 Å². The van der Waals surface area contributed by atoms with Crippen molar-refractivity contribution in [2.75, 3.05) is 19.0 Å². The molecule has 0 saturated heterocycles. The van der Waals surface area contributed by atoms with Gasteiger partial charge in [-0.05, 0) is 55.3 Å². The van der Waals surface area contributed by atoms with E-state index in [1.165, 1.54) is 36.9 Å². The summed E-state index contributed by atoms with van der Waals surface area (Å²) in [6, 6.07) is 12.9. The molecule has 150 valence electrons. The van der Waals surface area contributed by atoms with Crippen LogP contribution in [0.4, 0.5) is 5.69 Å². The number of carbonyl (C=O) groups excluding carboxylic acids is 2. The molecule has 1 atom stereocenters. The lowest BCUT2D eigenvalue weighted by Gasteiger charge is -2.11. The molecule has 2 aromatic rings. The van der Waals surface area contributed by atoms with Crippen LogP contribution < -0.4 is 10.0 Å². The summed E-state index contributed by atoms with van der Waals surface area (Å²) in [4.78, 5) is 24.0. The molecule has 0 saturated carbocycles. The Balaban J connectivity index is 1.94. The number of benzene rings is 2. The first kappa shape index (κ1) is 21.6. The van der Waals surface area contributed by atoms with Crippen molar-refractivity contribution in [2.24, 2.45) is 0 Å². The van der Waals surface area contributed by atoms with Crippen molar-refractivity contribution in [3.8, 4) is 0 Å². The van der Waals surface area contributed by atoms with Gasteiger partial charge in [0.05, 0.1) is 10.5 Å². The van der Waals surface area contributed by atoms with Crippen molar-refractivity contribution in [2.45, 2.75) is 31.1 Å². The van der Waals surface area contributed by atoms with Crippen LogP contribution in [0.25, 0.3) is 0 Å². The SMILES string of the molecule is CC[C@@H](C)c1ccc(NC(=O)COC(=O)c2cccc(S(=O)(=O)NC)c2)cc1. The van der Waals surface area contributed by atoms with Crippen molar-refractivity contribution in [1.29, 1.82) is 0 Å². The molecule has 0 fully saturated rings. The Morgan fingerprint density at radius 3 is 2.39 bits per heavy atom. The minimum Gasteiger partial charge on any atom is -0.452 e. The molecule has 0 aliphatic rings. The molecule has 0 radical (unpaired) electrons. The smallest absolute Gasteiger partial charge is 0.338 e. The summed E-state index contributed by atoms with van der Waals surface area (Å²) in [7, 11) is -2.40. The minimum absolute atomic E-state index is 0.0435. The van der Waals surface area contributed by atoms with Crippen molar-refractivity contribution in [3.05, 3.63) is 59.7 Å². The highest BCUT2D eigenvalue weighted by Crippen LogP contribution is 2.20. The summed E-state index contributed by atoms with van der Waals surface area (Å²) in [6.45, 7) is 3.76. The molecule has 2 rings (SSSR count). The first-order valence-electron chi connectivity index (χ1n) is 8.87. The Bertz CT molecular complexity index is 939. The largest absolute Gasteiger partial charge is 0.452 e. The number of nitrogens with one attached hydrogen (secondary N) is 2. The summed E-state index contributed by atoms with van der Waals surface area (Å²) in [5.74, 6) is -0.827. The number of amides is 1. The summed E-state index contributed by atoms with van der Waals surface area (Å²) in [5, 5.41) is 2.66. The highest BCUT2D eigenvalue weighted by Gasteiger charge is 2.16. The van der Waals surface area contributed by atoms with Crippen LogP contribution in [0.1, 0.15) is 42.1 Å². The molecule has 28 heavy (non-hydrogen) atoms. The number of rotatable bonds is 8. The van der Waals surface area contributed by atoms with Crippen LogP contribution in [0.3, 0.4) is 0 Å². The molecule has 7 nitrogen and oxygen atoms in total. The standard InChI is InChI=1S/C20H24N2O5S/c1-4-14(2)15-8-10-17(11-9-15)22-19(23)13-27-20(24)16-6-5-7-18(12-16)28(25,26)21-3/h5-12,14,21H,4,13H2,1-3H3,(H,22,23)/t14-/m1/s1. The predicted octanol–water partition coefficient (Wildman–Crippen LogP) is 2.90. The van der Waals surface area contributed by atoms with Gasteiger partial charge in [-0.1, -0.05) is 32.0 Å². The zero-order valence-electron chi connectivity index (χ0n) is 16.1. The lowest BCUT2D eigenvalue weighted by Crippen LogP contribution is -2.21. The maximum Gasteiger partial charge on any atom is 0.338 e. The molecule has 2 aromatic carbocycles. The molecule has 0 spiro atoms. The molecule has 0 heterocycles. The average molecular weight is 404 g/mol. The third-order valence-corrected chi connectivity index (χ3v) is 5.77. The molecular formula is C20H24N2O5S. The van der Waals surface area contributed by atoms with Gasteiger partial charge in [-0.15, -0.1) is 0 Å². The molecular weight excluding hydrogens is 380 g/mol. The zero-order chi connectivity index (χ0) is 20.7. The van der Waals surface area contributed by atoms with E-state index in [0.29, 0.717) is 11.6 Å². The first-order valence-corrected chi connectivity index (χ1v) is 10.4. The second kappa shape index (κ2) is 9.48. The van der Waals surface area contributed by atoms with Gasteiger partial charge >= 0.3 is 5.97 Å². The lowest BCUT2D eigenvalue weighted by atomic mass is 9.99. The molecule has 0 aromatic heterocycles. The van der Waals surface area contributed by atoms with Crippen LogP contribution in [0.15, 0.2) is 53.4 Å². The van der Waals surface area contributed by atoms with Crippen molar-refractivity contribution in [1.82, 2.24) is 4.72 Å². The Hall–Kier alpha value is -2.71. The summed E-state index contributed by atoms with van der Waals surface area (Å²) < 4.78 is 30.8. The summed E-state index contributed by atoms with van der Waals surface area (Å²) in [6.07, 6.45) is 1.03. The van der Waals surface area contributed by atoms with Gasteiger partial charge in [0.25, 0.3) is 5.91 Å². The van der Waals surface area contributed by atoms with Gasteiger partial charge in [-0.25, -0.2) is 17.9 Å². The van der Waals surface area contributed by atoms with Crippen LogP contribution >= 0.6 is 0 Å². The number of anilines is 1. The maximum absolute atomic E-state index is 12.1. The Morgan fingerprint density at radius 2 is 1.79 bits per heavy atom. The van der Waals surface area contributed by atoms with Crippen LogP contribution in [0.5, 0.6) is 0 Å². The van der Waals surface area contributed by atoms with Crippen molar-refractivity contribution >= 4 is 27.6 Å². The highest BCUT2D eigenvalue weighted by atomic mass is 32.2. The molecule has 0 aliphatic heterocycles. The van der Waals surface area contributed by atoms with E-state index in [0.717, 1.165) is 6.42 Å². The fourth-order valence-corrected chi connectivity index (χ4v) is 3.23. The summed E-state index contributed by atoms with van der Waals surface area (Å²) >= 11 is 0. The zero-order valence-corrected chi connectivity index (χ0v) is 16.9. The lowest BCUT2D eigenvalue weighted by molar-refractivity contribution is -0.119. The number of ether oxygens (including phenoxy) is 1. The van der Waals surface area contributed by atoms with E-state index in [9.17, 15) is 18.0 Å². The van der Waals surface area contributed by atoms with E-state index in [1.54, 1.807) is 12.1 Å². The number of hydrogen-bond donors (Lipinski definition) is 2. The number of esters is 1. The molecule has 0 unspecified atom stereocenters. The van der Waals surface area contributed by atoms with E-state index in [4.69, 9.17) is 4.74 Å². The van der Waals surface area contributed by atoms with Gasteiger partial charge in [-0.2, -0.15) is 0 Å². The van der Waals surface area contributed by atoms with E-state index in [-0.39, 0.29) is 10.5 Å². The number of sulfonamides is 1. The maximum atomic E-state index is 12.1. The normalized spacial score (nSPS) is 12.2. The van der Waals surface area contributed by atoms with Gasteiger partial charge in [0.2, 0.25) is 10.0 Å². The number of hydrogen-bond acceptors (Lipinski definition) is 5. The van der Waals surface area contributed by atoms with E-state index >= 15 is 0 Å². The van der Waals surface area contributed by atoms with Gasteiger partial charge in [0, 0.05) is 5.69 Å². The minimum atomic E-state index is -3.68. The Morgan fingerprint density at radius 1 is 1.11 bits per heavy atom. The summed E-state index contributed by atoms with van der Waals surface area (Å²) in [5.41, 5.74) is 1.83. The second-order valence-corrected chi connectivity index (χ2v) is 8.18. The van der Waals surface area contributed by atoms with Gasteiger partial charge in [0.1, 0.15) is 0 Å². The van der Waals surface area contributed by atoms with Crippen LogP contribution in [0, 0.1) is 0 Å². The van der Waals surface area contributed by atoms with Crippen LogP contribution in [-0.2, 0) is 19.6 Å². The molecule has 0 aliphatic carbocycles. The Kier molecular flexibility index (Phi) is 7.31. The second-order valence-electron chi connectivity index (χ2n) is 6.29. The first-order chi connectivity index (χ1) is 13.3. The molecule has 2 N–H and O–H groups in total. The number of carbonyl (C=O) groups is 2. The van der Waals surface area contributed by atoms with E-state index in [2.05, 4.69) is 23.9 Å². The Labute approximate surface area is 165 Å². The monoisotopic (exact) mass is 404 g/mol. The highest BCUT2D eigenvalue weighted by molar-refractivity contribution is 7.89. The van der Waals surface area contributed by atoms with E-state index < -0.39 is 28.5 Å². The van der Waals surface area contributed by atoms with Crippen molar-refractivity contribution < 1.29 is 22.7 Å². The third-order valence-electron chi connectivity index (χ3n) is 4.36. The quantitative estimate of drug-likeness (QED) is 0.659. The molecule has 1 amide bonds. The fourth-order valence-electron chi connectivity index (χ4n) is 2.45.